The van der Waals surface area contributed by atoms with Crippen LogP contribution in [0.1, 0.15) is 22.3 Å². The summed E-state index contributed by atoms with van der Waals surface area (Å²) in [6.45, 7) is 0. The van der Waals surface area contributed by atoms with Crippen LogP contribution in [-0.2, 0) is 5.41 Å². The molecule has 0 radical (unpaired) electrons. The van der Waals surface area contributed by atoms with E-state index in [9.17, 15) is 0 Å². The molecule has 1 nitrogen and oxygen atoms in total. The molecule has 1 aromatic heterocycles. The van der Waals surface area contributed by atoms with Gasteiger partial charge in [0.1, 0.15) is 0 Å². The Hall–Kier alpha value is -5.23. The highest BCUT2D eigenvalue weighted by molar-refractivity contribution is 7.80. The number of nitrogens with zero attached hydrogens (tertiary/aromatic N) is 1. The number of hydrogen-bond acceptors (Lipinski definition) is 0. The number of rotatable bonds is 2. The zero-order chi connectivity index (χ0) is 29.5. The van der Waals surface area contributed by atoms with Crippen LogP contribution in [0.3, 0.4) is 0 Å². The fraction of sp³-hybridized carbons (Fsp3) is 0.0233. The molecular formula is C43H28NP. The Morgan fingerprint density at radius 2 is 1.07 bits per heavy atom. The Balaban J connectivity index is 1.43. The van der Waals surface area contributed by atoms with Gasteiger partial charge in [-0.3, -0.25) is 0 Å². The Bertz CT molecular complexity index is 2440. The molecule has 0 amide bonds. The van der Waals surface area contributed by atoms with Gasteiger partial charge in [-0.05, 0) is 75.4 Å². The average molecular weight is 590 g/mol. The van der Waals surface area contributed by atoms with Crippen LogP contribution < -0.4 is 15.9 Å². The summed E-state index contributed by atoms with van der Waals surface area (Å²) in [6.07, 6.45) is 0. The predicted octanol–water partition coefficient (Wildman–Crippen LogP) is 9.22. The first-order valence-corrected chi connectivity index (χ1v) is 17.0. The number of hydrogen-bond donors (Lipinski definition) is 0. The van der Waals surface area contributed by atoms with Gasteiger partial charge in [0.25, 0.3) is 0 Å². The molecule has 2 aliphatic heterocycles. The lowest BCUT2D eigenvalue weighted by Crippen LogP contribution is -2.47. The van der Waals surface area contributed by atoms with Crippen molar-refractivity contribution in [2.45, 2.75) is 5.41 Å². The fourth-order valence-corrected chi connectivity index (χ4v) is 10.9. The maximum atomic E-state index is 2.53. The third-order valence-corrected chi connectivity index (χ3v) is 12.5. The van der Waals surface area contributed by atoms with Gasteiger partial charge in [-0.2, -0.15) is 0 Å². The van der Waals surface area contributed by atoms with Gasteiger partial charge in [0.15, 0.2) is 0 Å². The lowest BCUT2D eigenvalue weighted by molar-refractivity contribution is 0.735. The van der Waals surface area contributed by atoms with Crippen molar-refractivity contribution in [3.05, 3.63) is 192 Å². The summed E-state index contributed by atoms with van der Waals surface area (Å²) in [7, 11) is -0.772. The van der Waals surface area contributed by atoms with Gasteiger partial charge >= 0.3 is 0 Å². The van der Waals surface area contributed by atoms with Crippen LogP contribution in [0.5, 0.6) is 0 Å². The van der Waals surface area contributed by atoms with E-state index in [0.717, 1.165) is 0 Å². The number of benzene rings is 7. The average Bonchev–Trinajstić information content (AvgIpc) is 3.46. The molecule has 2 heteroatoms. The quantitative estimate of drug-likeness (QED) is 0.177. The van der Waals surface area contributed by atoms with E-state index in [1.807, 2.05) is 0 Å². The van der Waals surface area contributed by atoms with Gasteiger partial charge in [-0.1, -0.05) is 152 Å². The molecule has 10 rings (SSSR count). The molecule has 45 heavy (non-hydrogen) atoms. The third kappa shape index (κ3) is 3.26. The lowest BCUT2D eigenvalue weighted by atomic mass is 9.62. The highest BCUT2D eigenvalue weighted by atomic mass is 31.1. The molecule has 8 aromatic rings. The molecule has 0 bridgehead atoms. The van der Waals surface area contributed by atoms with E-state index in [0.29, 0.717) is 0 Å². The molecule has 0 fully saturated rings. The highest BCUT2D eigenvalue weighted by Gasteiger charge is 2.51. The first-order chi connectivity index (χ1) is 22.4. The van der Waals surface area contributed by atoms with Crippen molar-refractivity contribution in [3.63, 3.8) is 0 Å². The minimum Gasteiger partial charge on any atom is -0.309 e. The van der Waals surface area contributed by atoms with Crippen molar-refractivity contribution in [2.24, 2.45) is 0 Å². The van der Waals surface area contributed by atoms with Crippen LogP contribution >= 0.6 is 7.92 Å². The van der Waals surface area contributed by atoms with Crippen LogP contribution in [0.2, 0.25) is 0 Å². The van der Waals surface area contributed by atoms with Crippen molar-refractivity contribution in [2.75, 3.05) is 0 Å². The van der Waals surface area contributed by atoms with Crippen molar-refractivity contribution in [1.82, 2.24) is 4.57 Å². The molecule has 0 N–H and O–H groups in total. The van der Waals surface area contributed by atoms with Gasteiger partial charge in [-0.25, -0.2) is 0 Å². The monoisotopic (exact) mass is 589 g/mol. The lowest BCUT2D eigenvalue weighted by Gasteiger charge is -2.48. The maximum Gasteiger partial charge on any atom is 0.0755 e. The molecule has 2 atom stereocenters. The van der Waals surface area contributed by atoms with E-state index >= 15 is 0 Å². The zero-order valence-corrected chi connectivity index (χ0v) is 25.5. The van der Waals surface area contributed by atoms with Crippen molar-refractivity contribution in [3.8, 4) is 16.8 Å². The van der Waals surface area contributed by atoms with Gasteiger partial charge in [0, 0.05) is 10.8 Å². The molecular weight excluding hydrogens is 561 g/mol. The van der Waals surface area contributed by atoms with Crippen LogP contribution in [0.25, 0.3) is 38.6 Å². The van der Waals surface area contributed by atoms with Crippen molar-refractivity contribution < 1.29 is 0 Å². The predicted molar refractivity (Wildman–Crippen MR) is 190 cm³/mol. The summed E-state index contributed by atoms with van der Waals surface area (Å²) < 4.78 is 2.53. The van der Waals surface area contributed by atoms with E-state index in [4.69, 9.17) is 0 Å². The molecule has 1 spiro atoms. The topological polar surface area (TPSA) is 4.93 Å². The van der Waals surface area contributed by atoms with Crippen LogP contribution in [-0.4, -0.2) is 4.57 Å². The second kappa shape index (κ2) is 9.38. The van der Waals surface area contributed by atoms with Gasteiger partial charge in [0.2, 0.25) is 0 Å². The van der Waals surface area contributed by atoms with Gasteiger partial charge in [-0.15, -0.1) is 0 Å². The Labute approximate surface area is 263 Å². The molecule has 0 saturated carbocycles. The molecule has 210 valence electrons. The number of aromatic nitrogens is 1. The smallest absolute Gasteiger partial charge is 0.0755 e. The molecule has 7 aromatic carbocycles. The minimum absolute atomic E-state index is 0.481. The van der Waals surface area contributed by atoms with Crippen LogP contribution in [0.4, 0.5) is 0 Å². The standard InChI is InChI=1S/C43H28NP/c1-3-14-29(15-4-1)30-26-27-41-37(28-30)43(35-21-9-12-25-40(35)45(41)31-16-5-2-6-17-31)34-20-8-11-24-39(34)44-38-23-10-7-18-32(38)33-19-13-22-36(43)42(33)44/h1-28H. The molecule has 2 aliphatic rings. The summed E-state index contributed by atoms with van der Waals surface area (Å²) in [4.78, 5) is 0. The minimum atomic E-state index is -0.772. The fourth-order valence-electron chi connectivity index (χ4n) is 8.24. The number of fused-ring (bicyclic) bond motifs is 11. The van der Waals surface area contributed by atoms with E-state index in [1.165, 1.54) is 76.8 Å². The van der Waals surface area contributed by atoms with E-state index in [1.54, 1.807) is 0 Å². The first-order valence-electron chi connectivity index (χ1n) is 15.6. The summed E-state index contributed by atoms with van der Waals surface area (Å²) >= 11 is 0. The Kier molecular flexibility index (Phi) is 5.24. The second-order valence-corrected chi connectivity index (χ2v) is 14.3. The summed E-state index contributed by atoms with van der Waals surface area (Å²) in [6, 6.07) is 63.7. The Morgan fingerprint density at radius 3 is 1.93 bits per heavy atom. The highest BCUT2D eigenvalue weighted by Crippen LogP contribution is 2.58. The Morgan fingerprint density at radius 1 is 0.422 bits per heavy atom. The maximum absolute atomic E-state index is 2.53. The number of para-hydroxylation sites is 3. The molecule has 0 saturated heterocycles. The molecule has 3 heterocycles. The van der Waals surface area contributed by atoms with E-state index in [2.05, 4.69) is 174 Å². The molecule has 2 unspecified atom stereocenters. The summed E-state index contributed by atoms with van der Waals surface area (Å²) in [5.41, 5.74) is 11.4. The normalized spacial score (nSPS) is 17.6. The summed E-state index contributed by atoms with van der Waals surface area (Å²) in [5, 5.41) is 6.88. The third-order valence-electron chi connectivity index (χ3n) is 9.96. The zero-order valence-electron chi connectivity index (χ0n) is 24.6. The van der Waals surface area contributed by atoms with Crippen molar-refractivity contribution in [1.29, 1.82) is 0 Å². The van der Waals surface area contributed by atoms with E-state index < -0.39 is 13.3 Å². The van der Waals surface area contributed by atoms with Crippen molar-refractivity contribution >= 4 is 45.6 Å². The van der Waals surface area contributed by atoms with Gasteiger partial charge < -0.3 is 4.57 Å². The first kappa shape index (κ1) is 25.1. The summed E-state index contributed by atoms with van der Waals surface area (Å²) in [5.74, 6) is 0. The van der Waals surface area contributed by atoms with Crippen LogP contribution in [0.15, 0.2) is 170 Å². The molecule has 0 aliphatic carbocycles. The van der Waals surface area contributed by atoms with Crippen LogP contribution in [0, 0.1) is 0 Å². The largest absolute Gasteiger partial charge is 0.309 e. The van der Waals surface area contributed by atoms with E-state index in [-0.39, 0.29) is 0 Å². The second-order valence-electron chi connectivity index (χ2n) is 12.1. The van der Waals surface area contributed by atoms with Gasteiger partial charge in [0.05, 0.1) is 22.1 Å². The SMILES string of the molecule is c1ccc(-c2ccc3c(c2)C2(c4ccccc4-n4c5ccccc5c5cccc2c54)c2ccccc2P3c2ccccc2)cc1.